The van der Waals surface area contributed by atoms with Crippen LogP contribution in [0.5, 0.6) is 5.75 Å². The van der Waals surface area contributed by atoms with Crippen molar-refractivity contribution in [2.24, 2.45) is 0 Å². The normalized spacial score (nSPS) is 22.8. The first kappa shape index (κ1) is 27.3. The average molecular weight is 531 g/mol. The third-order valence-electron chi connectivity index (χ3n) is 5.25. The number of benzene rings is 1. The van der Waals surface area contributed by atoms with E-state index in [2.05, 4.69) is 9.68 Å². The van der Waals surface area contributed by atoms with Crippen molar-refractivity contribution in [3.8, 4) is 5.75 Å². The largest absolute Gasteiger partial charge is 0.514 e. The van der Waals surface area contributed by atoms with Crippen molar-refractivity contribution in [2.45, 2.75) is 49.8 Å². The minimum absolute atomic E-state index is 0.0287. The van der Waals surface area contributed by atoms with Crippen LogP contribution in [0.25, 0.3) is 0 Å². The molecule has 0 bridgehead atoms. The minimum Gasteiger partial charge on any atom is -0.457 e. The van der Waals surface area contributed by atoms with E-state index in [9.17, 15) is 39.9 Å². The van der Waals surface area contributed by atoms with Gasteiger partial charge in [-0.15, -0.1) is 20.2 Å². The van der Waals surface area contributed by atoms with E-state index in [1.807, 2.05) is 0 Å². The van der Waals surface area contributed by atoms with Crippen LogP contribution in [-0.4, -0.2) is 77.6 Å². The molecule has 1 aromatic rings. The molecule has 37 heavy (non-hydrogen) atoms. The van der Waals surface area contributed by atoms with Crippen LogP contribution in [0, 0.1) is 30.3 Å². The van der Waals surface area contributed by atoms with Crippen LogP contribution in [0.15, 0.2) is 24.3 Å². The number of carbonyl (C=O) groups excluding carboxylic acids is 2. The fraction of sp³-hybridized carbons (Fsp3) is 0.579. The molecule has 0 aliphatic carbocycles. The van der Waals surface area contributed by atoms with Crippen molar-refractivity contribution >= 4 is 17.8 Å². The molecule has 2 fully saturated rings. The fourth-order valence-electron chi connectivity index (χ4n) is 3.64. The quantitative estimate of drug-likeness (QED) is 0.150. The first-order valence-corrected chi connectivity index (χ1v) is 10.8. The lowest BCUT2D eigenvalue weighted by Crippen LogP contribution is -2.36. The van der Waals surface area contributed by atoms with Gasteiger partial charge in [0.2, 0.25) is 0 Å². The van der Waals surface area contributed by atoms with Crippen LogP contribution in [0.4, 0.5) is 10.5 Å². The average Bonchev–Trinajstić information content (AvgIpc) is 3.40. The van der Waals surface area contributed by atoms with Gasteiger partial charge in [0.25, 0.3) is 15.9 Å². The number of hydrogen-bond donors (Lipinski definition) is 0. The molecule has 202 valence electrons. The lowest BCUT2D eigenvalue weighted by molar-refractivity contribution is -0.790. The third kappa shape index (κ3) is 8.10. The van der Waals surface area contributed by atoms with Gasteiger partial charge in [-0.25, -0.2) is 4.79 Å². The molecule has 18 heteroatoms. The molecule has 0 unspecified atom stereocenters. The van der Waals surface area contributed by atoms with Crippen molar-refractivity contribution in [1.29, 1.82) is 0 Å². The summed E-state index contributed by atoms with van der Waals surface area (Å²) in [4.78, 5) is 63.5. The van der Waals surface area contributed by atoms with E-state index in [1.54, 1.807) is 0 Å². The molecule has 0 aromatic heterocycles. The summed E-state index contributed by atoms with van der Waals surface area (Å²) in [6.07, 6.45) is -5.65. The van der Waals surface area contributed by atoms with Crippen LogP contribution < -0.4 is 4.74 Å². The number of nitrogens with zero attached hydrogens (tertiary/aromatic N) is 3. The fourth-order valence-corrected chi connectivity index (χ4v) is 3.64. The van der Waals surface area contributed by atoms with E-state index < -0.39 is 64.3 Å². The molecular formula is C19H21N3O15. The Balaban J connectivity index is 1.41. The van der Waals surface area contributed by atoms with Crippen molar-refractivity contribution in [3.05, 3.63) is 54.6 Å². The Morgan fingerprint density at radius 3 is 2.14 bits per heavy atom. The SMILES string of the molecule is O=C(CCC[C@@H](CO[N+](=O)[O-])O[N+](=O)[O-])O[C@@H]1CO[C@H]2[C@@H]1OC[C@H]2OC(=O)Oc1ccc([N+](=O)[O-])cc1. The van der Waals surface area contributed by atoms with Gasteiger partial charge in [-0.05, 0) is 25.0 Å². The zero-order chi connectivity index (χ0) is 26.9. The number of ether oxygens (including phenoxy) is 5. The molecular weight excluding hydrogens is 510 g/mol. The van der Waals surface area contributed by atoms with Crippen molar-refractivity contribution in [2.75, 3.05) is 19.8 Å². The second-order valence-electron chi connectivity index (χ2n) is 7.75. The molecule has 2 saturated heterocycles. The zero-order valence-corrected chi connectivity index (χ0v) is 18.9. The smallest absolute Gasteiger partial charge is 0.457 e. The van der Waals surface area contributed by atoms with E-state index in [0.29, 0.717) is 0 Å². The number of esters is 1. The Hall–Kier alpha value is -4.32. The first-order valence-electron chi connectivity index (χ1n) is 10.8. The summed E-state index contributed by atoms with van der Waals surface area (Å²) in [6, 6.07) is 4.78. The van der Waals surface area contributed by atoms with Crippen LogP contribution in [0.2, 0.25) is 0 Å². The molecule has 5 atom stereocenters. The van der Waals surface area contributed by atoms with Crippen LogP contribution >= 0.6 is 0 Å². The summed E-state index contributed by atoms with van der Waals surface area (Å²) in [5, 5.41) is 29.2. The topological polar surface area (TPSA) is 228 Å². The number of nitro groups is 1. The summed E-state index contributed by atoms with van der Waals surface area (Å²) in [5.41, 5.74) is -0.179. The molecule has 3 rings (SSSR count). The van der Waals surface area contributed by atoms with Gasteiger partial charge in [-0.2, -0.15) is 0 Å². The van der Waals surface area contributed by atoms with Crippen LogP contribution in [0.1, 0.15) is 19.3 Å². The molecule has 2 heterocycles. The maximum Gasteiger partial charge on any atom is 0.514 e. The highest BCUT2D eigenvalue weighted by Crippen LogP contribution is 2.31. The molecule has 0 saturated carbocycles. The highest BCUT2D eigenvalue weighted by atomic mass is 17.0. The number of fused-ring (bicyclic) bond motifs is 1. The van der Waals surface area contributed by atoms with E-state index in [1.165, 1.54) is 12.1 Å². The highest BCUT2D eigenvalue weighted by Gasteiger charge is 2.51. The molecule has 2 aliphatic heterocycles. The molecule has 0 amide bonds. The van der Waals surface area contributed by atoms with Crippen LogP contribution in [-0.2, 0) is 33.4 Å². The van der Waals surface area contributed by atoms with Gasteiger partial charge in [0.1, 0.15) is 30.7 Å². The van der Waals surface area contributed by atoms with Gasteiger partial charge in [-0.1, -0.05) is 0 Å². The van der Waals surface area contributed by atoms with E-state index in [4.69, 9.17) is 23.7 Å². The predicted molar refractivity (Wildman–Crippen MR) is 112 cm³/mol. The minimum atomic E-state index is -1.24. The van der Waals surface area contributed by atoms with E-state index >= 15 is 0 Å². The van der Waals surface area contributed by atoms with Gasteiger partial charge in [0, 0.05) is 18.6 Å². The standard InChI is InChI=1S/C19H21N3O15/c23-16(3-1-2-13(37-22(29)30)8-33-21(27)28)35-14-9-31-18-15(10-32-17(14)18)36-19(24)34-12-6-4-11(5-7-12)20(25)26/h4-7,13-15,17-18H,1-3,8-10H2/t13-,14+,15+,17+,18+/m0/s1. The Bertz CT molecular complexity index is 1000. The lowest BCUT2D eigenvalue weighted by Gasteiger charge is -2.17. The number of non-ortho nitro benzene ring substituents is 1. The summed E-state index contributed by atoms with van der Waals surface area (Å²) in [5.74, 6) is -0.643. The number of nitro benzene ring substituents is 1. The number of hydrogen-bond acceptors (Lipinski definition) is 15. The monoisotopic (exact) mass is 531 g/mol. The molecule has 0 radical (unpaired) electrons. The van der Waals surface area contributed by atoms with Crippen LogP contribution in [0.3, 0.4) is 0 Å². The van der Waals surface area contributed by atoms with E-state index in [0.717, 1.165) is 12.1 Å². The van der Waals surface area contributed by atoms with Crippen molar-refractivity contribution in [3.63, 3.8) is 0 Å². The first-order chi connectivity index (χ1) is 17.6. The summed E-state index contributed by atoms with van der Waals surface area (Å²) in [7, 11) is 0. The Morgan fingerprint density at radius 2 is 1.57 bits per heavy atom. The van der Waals surface area contributed by atoms with Crippen molar-refractivity contribution < 1.29 is 58.0 Å². The summed E-state index contributed by atoms with van der Waals surface area (Å²) < 4.78 is 26.6. The van der Waals surface area contributed by atoms with Gasteiger partial charge in [-0.3, -0.25) is 14.9 Å². The Labute approximate surface area is 206 Å². The molecule has 0 N–H and O–H groups in total. The van der Waals surface area contributed by atoms with Crippen molar-refractivity contribution in [1.82, 2.24) is 0 Å². The lowest BCUT2D eigenvalue weighted by atomic mass is 10.1. The third-order valence-corrected chi connectivity index (χ3v) is 5.25. The second kappa shape index (κ2) is 12.6. The molecule has 2 aliphatic rings. The molecule has 1 aromatic carbocycles. The maximum absolute atomic E-state index is 12.2. The number of carbonyl (C=O) groups is 2. The maximum atomic E-state index is 12.2. The van der Waals surface area contributed by atoms with Gasteiger partial charge in [0.05, 0.1) is 18.1 Å². The second-order valence-corrected chi connectivity index (χ2v) is 7.75. The van der Waals surface area contributed by atoms with E-state index in [-0.39, 0.29) is 43.9 Å². The summed E-state index contributed by atoms with van der Waals surface area (Å²) >= 11 is 0. The number of rotatable bonds is 13. The predicted octanol–water partition coefficient (Wildman–Crippen LogP) is 1.14. The molecule has 0 spiro atoms. The zero-order valence-electron chi connectivity index (χ0n) is 18.9. The van der Waals surface area contributed by atoms with Gasteiger partial charge in [0.15, 0.2) is 12.2 Å². The summed E-state index contributed by atoms with van der Waals surface area (Å²) in [6.45, 7) is -0.776. The Kier molecular flexibility index (Phi) is 9.27. The highest BCUT2D eigenvalue weighted by molar-refractivity contribution is 5.69. The molecule has 18 nitrogen and oxygen atoms in total. The van der Waals surface area contributed by atoms with Gasteiger partial charge >= 0.3 is 12.1 Å². The van der Waals surface area contributed by atoms with Gasteiger partial charge < -0.3 is 33.4 Å². The Morgan fingerprint density at radius 1 is 0.946 bits per heavy atom.